The van der Waals surface area contributed by atoms with E-state index in [-0.39, 0.29) is 11.7 Å². The third kappa shape index (κ3) is 3.39. The zero-order chi connectivity index (χ0) is 19.7. The minimum atomic E-state index is -0.626. The number of benzene rings is 2. The first-order chi connectivity index (χ1) is 13.5. The van der Waals surface area contributed by atoms with Crippen LogP contribution in [0.1, 0.15) is 60.0 Å². The number of carbonyl (C=O) groups is 1. The highest BCUT2D eigenvalue weighted by Crippen LogP contribution is 2.40. The summed E-state index contributed by atoms with van der Waals surface area (Å²) in [5.41, 5.74) is 2.48. The van der Waals surface area contributed by atoms with Gasteiger partial charge in [0, 0.05) is 11.1 Å². The summed E-state index contributed by atoms with van der Waals surface area (Å²) < 4.78 is 13.4. The molecule has 1 heterocycles. The van der Waals surface area contributed by atoms with Gasteiger partial charge in [-0.15, -0.1) is 0 Å². The maximum absolute atomic E-state index is 13.5. The van der Waals surface area contributed by atoms with Crippen LogP contribution in [0.4, 0.5) is 4.39 Å². The van der Waals surface area contributed by atoms with Crippen molar-refractivity contribution in [3.05, 3.63) is 71.0 Å². The summed E-state index contributed by atoms with van der Waals surface area (Å²) in [6.07, 6.45) is 5.91. The lowest BCUT2D eigenvalue weighted by Gasteiger charge is -2.35. The molecular formula is C23H23FN2OS. The predicted molar refractivity (Wildman–Crippen MR) is 113 cm³/mol. The summed E-state index contributed by atoms with van der Waals surface area (Å²) in [5.74, 6) is -0.405. The van der Waals surface area contributed by atoms with Gasteiger partial charge in [0.1, 0.15) is 22.2 Å². The highest BCUT2D eigenvalue weighted by molar-refractivity contribution is 7.82. The van der Waals surface area contributed by atoms with Crippen molar-refractivity contribution in [3.63, 3.8) is 0 Å². The molecule has 1 aliphatic heterocycles. The van der Waals surface area contributed by atoms with Crippen LogP contribution in [0.25, 0.3) is 0 Å². The third-order valence-corrected chi connectivity index (χ3v) is 6.04. The van der Waals surface area contributed by atoms with Gasteiger partial charge in [0.2, 0.25) is 0 Å². The fraction of sp³-hybridized carbons (Fsp3) is 0.348. The van der Waals surface area contributed by atoms with E-state index in [0.29, 0.717) is 16.3 Å². The lowest BCUT2D eigenvalue weighted by molar-refractivity contribution is 0.0692. The monoisotopic (exact) mass is 394 g/mol. The fourth-order valence-electron chi connectivity index (χ4n) is 4.13. The number of thiocarbonyl (C=S) groups is 1. The van der Waals surface area contributed by atoms with Crippen molar-refractivity contribution in [2.45, 2.75) is 51.1 Å². The Morgan fingerprint density at radius 1 is 1.00 bits per heavy atom. The van der Waals surface area contributed by atoms with Crippen LogP contribution >= 0.6 is 12.2 Å². The molecule has 2 aromatic rings. The molecule has 1 amide bonds. The standard InChI is InChI=1S/C23H23FN2OS/c1-16-6-8-18(9-7-16)21(27)26-22(28)20(17-10-12-19(24)13-11-17)25-23(26)14-4-2-3-5-15-23/h6-13H,2-5,14-15H2,1H3. The van der Waals surface area contributed by atoms with E-state index in [1.807, 2.05) is 31.2 Å². The Hall–Kier alpha value is -2.40. The number of carbonyl (C=O) groups excluding carboxylic acids is 1. The Morgan fingerprint density at radius 3 is 2.21 bits per heavy atom. The van der Waals surface area contributed by atoms with Crippen LogP contribution in [0.5, 0.6) is 0 Å². The van der Waals surface area contributed by atoms with Gasteiger partial charge in [-0.05, 0) is 69.0 Å². The van der Waals surface area contributed by atoms with Crippen LogP contribution in [0.3, 0.4) is 0 Å². The van der Waals surface area contributed by atoms with Gasteiger partial charge in [0.05, 0.1) is 0 Å². The third-order valence-electron chi connectivity index (χ3n) is 5.67. The molecule has 3 nitrogen and oxygen atoms in total. The number of hydrogen-bond acceptors (Lipinski definition) is 3. The Balaban J connectivity index is 1.77. The smallest absolute Gasteiger partial charge is 0.260 e. The highest BCUT2D eigenvalue weighted by atomic mass is 32.1. The van der Waals surface area contributed by atoms with E-state index in [2.05, 4.69) is 0 Å². The average molecular weight is 395 g/mol. The molecule has 0 aromatic heterocycles. The van der Waals surface area contributed by atoms with Crippen molar-refractivity contribution in [3.8, 4) is 0 Å². The van der Waals surface area contributed by atoms with Crippen molar-refractivity contribution in [1.82, 2.24) is 4.90 Å². The molecule has 4 rings (SSSR count). The number of halogens is 1. The first kappa shape index (κ1) is 18.9. The van der Waals surface area contributed by atoms with Crippen molar-refractivity contribution in [2.75, 3.05) is 0 Å². The van der Waals surface area contributed by atoms with Gasteiger partial charge in [-0.2, -0.15) is 0 Å². The van der Waals surface area contributed by atoms with Gasteiger partial charge in [-0.1, -0.05) is 42.8 Å². The summed E-state index contributed by atoms with van der Waals surface area (Å²) in [5, 5.41) is 0. The molecule has 0 N–H and O–H groups in total. The van der Waals surface area contributed by atoms with E-state index in [1.54, 1.807) is 17.0 Å². The SMILES string of the molecule is Cc1ccc(C(=O)N2C(=S)C(c3ccc(F)cc3)=NC23CCCCCC3)cc1. The molecule has 1 fully saturated rings. The van der Waals surface area contributed by atoms with E-state index >= 15 is 0 Å². The zero-order valence-electron chi connectivity index (χ0n) is 16.0. The normalized spacial score (nSPS) is 18.9. The Kier molecular flexibility index (Phi) is 5.11. The van der Waals surface area contributed by atoms with Gasteiger partial charge in [-0.3, -0.25) is 14.7 Å². The largest absolute Gasteiger partial charge is 0.271 e. The molecule has 2 aliphatic rings. The van der Waals surface area contributed by atoms with Crippen LogP contribution < -0.4 is 0 Å². The first-order valence-corrected chi connectivity index (χ1v) is 10.2. The number of amides is 1. The molecule has 2 aromatic carbocycles. The van der Waals surface area contributed by atoms with E-state index < -0.39 is 5.66 Å². The molecule has 1 saturated carbocycles. The van der Waals surface area contributed by atoms with Crippen LogP contribution in [-0.2, 0) is 0 Å². The molecule has 0 radical (unpaired) electrons. The molecule has 1 spiro atoms. The van der Waals surface area contributed by atoms with Crippen molar-refractivity contribution in [1.29, 1.82) is 0 Å². The minimum Gasteiger partial charge on any atom is -0.271 e. The van der Waals surface area contributed by atoms with E-state index in [1.165, 1.54) is 12.1 Å². The number of aliphatic imine (C=N–C) groups is 1. The van der Waals surface area contributed by atoms with E-state index in [0.717, 1.165) is 49.7 Å². The molecule has 144 valence electrons. The fourth-order valence-corrected chi connectivity index (χ4v) is 4.55. The second-order valence-electron chi connectivity index (χ2n) is 7.68. The summed E-state index contributed by atoms with van der Waals surface area (Å²) in [6, 6.07) is 13.8. The lowest BCUT2D eigenvalue weighted by Crippen LogP contribution is -2.49. The summed E-state index contributed by atoms with van der Waals surface area (Å²) in [7, 11) is 0. The molecule has 0 atom stereocenters. The van der Waals surface area contributed by atoms with Gasteiger partial charge in [0.15, 0.2) is 0 Å². The van der Waals surface area contributed by atoms with E-state index in [4.69, 9.17) is 17.2 Å². The Bertz CT molecular complexity index is 926. The van der Waals surface area contributed by atoms with Gasteiger partial charge in [0.25, 0.3) is 5.91 Å². The lowest BCUT2D eigenvalue weighted by atomic mass is 9.98. The second kappa shape index (κ2) is 7.55. The topological polar surface area (TPSA) is 32.7 Å². The quantitative estimate of drug-likeness (QED) is 0.634. The molecular weight excluding hydrogens is 371 g/mol. The predicted octanol–water partition coefficient (Wildman–Crippen LogP) is 5.46. The maximum atomic E-state index is 13.5. The number of hydrogen-bond donors (Lipinski definition) is 0. The summed E-state index contributed by atoms with van der Waals surface area (Å²) in [4.78, 5) is 20.7. The molecule has 1 aliphatic carbocycles. The van der Waals surface area contributed by atoms with E-state index in [9.17, 15) is 9.18 Å². The van der Waals surface area contributed by atoms with Crippen LogP contribution in [0, 0.1) is 12.7 Å². The van der Waals surface area contributed by atoms with Crippen molar-refractivity contribution >= 4 is 28.8 Å². The van der Waals surface area contributed by atoms with Crippen LogP contribution in [0.2, 0.25) is 0 Å². The summed E-state index contributed by atoms with van der Waals surface area (Å²) >= 11 is 5.76. The summed E-state index contributed by atoms with van der Waals surface area (Å²) in [6.45, 7) is 2.00. The zero-order valence-corrected chi connectivity index (χ0v) is 16.8. The van der Waals surface area contributed by atoms with Crippen LogP contribution in [-0.4, -0.2) is 27.2 Å². The maximum Gasteiger partial charge on any atom is 0.260 e. The van der Waals surface area contributed by atoms with Crippen LogP contribution in [0.15, 0.2) is 53.5 Å². The van der Waals surface area contributed by atoms with Crippen molar-refractivity contribution < 1.29 is 9.18 Å². The number of aryl methyl sites for hydroxylation is 1. The molecule has 0 saturated heterocycles. The second-order valence-corrected chi connectivity index (χ2v) is 8.06. The molecule has 5 heteroatoms. The van der Waals surface area contributed by atoms with Gasteiger partial charge >= 0.3 is 0 Å². The molecule has 0 unspecified atom stereocenters. The average Bonchev–Trinajstić information content (AvgIpc) is 2.83. The Labute approximate surface area is 170 Å². The molecule has 0 bridgehead atoms. The minimum absolute atomic E-state index is 0.104. The Morgan fingerprint density at radius 2 is 1.61 bits per heavy atom. The number of nitrogens with zero attached hydrogens (tertiary/aromatic N) is 2. The molecule has 28 heavy (non-hydrogen) atoms. The first-order valence-electron chi connectivity index (χ1n) is 9.82. The number of rotatable bonds is 2. The van der Waals surface area contributed by atoms with Crippen molar-refractivity contribution in [2.24, 2.45) is 4.99 Å². The van der Waals surface area contributed by atoms with Gasteiger partial charge < -0.3 is 0 Å². The highest BCUT2D eigenvalue weighted by Gasteiger charge is 2.48. The van der Waals surface area contributed by atoms with Gasteiger partial charge in [-0.25, -0.2) is 4.39 Å².